The second-order valence-electron chi connectivity index (χ2n) is 17.8. The lowest BCUT2D eigenvalue weighted by Gasteiger charge is -2.27. The number of hydrogen-bond acceptors (Lipinski definition) is 5. The summed E-state index contributed by atoms with van der Waals surface area (Å²) in [6.45, 7) is 4.05. The van der Waals surface area contributed by atoms with Crippen LogP contribution >= 0.6 is 0 Å². The average molecular weight is 844 g/mol. The van der Waals surface area contributed by atoms with Crippen molar-refractivity contribution in [2.45, 2.75) is 282 Å². The van der Waals surface area contributed by atoms with Crippen LogP contribution < -0.4 is 5.32 Å². The Morgan fingerprint density at radius 1 is 0.417 bits per heavy atom. The first-order valence-corrected chi connectivity index (χ1v) is 26.0. The smallest absolute Gasteiger partial charge is 0.249 e. The first-order valence-electron chi connectivity index (χ1n) is 26.0. The van der Waals surface area contributed by atoms with Gasteiger partial charge in [0.2, 0.25) is 5.91 Å². The molecule has 6 heteroatoms. The van der Waals surface area contributed by atoms with E-state index in [0.717, 1.165) is 57.8 Å². The van der Waals surface area contributed by atoms with Crippen molar-refractivity contribution in [3.05, 3.63) is 48.6 Å². The minimum atomic E-state index is -1.30. The van der Waals surface area contributed by atoms with E-state index in [-0.39, 0.29) is 0 Å². The number of aliphatic hydroxyl groups is 4. The highest BCUT2D eigenvalue weighted by atomic mass is 16.3. The Balaban J connectivity index is 3.77. The molecule has 0 rings (SSSR count). The van der Waals surface area contributed by atoms with Crippen LogP contribution in [0.15, 0.2) is 48.6 Å². The average Bonchev–Trinajstić information content (AvgIpc) is 3.25. The summed E-state index contributed by atoms with van der Waals surface area (Å²) < 4.78 is 0. The Morgan fingerprint density at radius 2 is 0.750 bits per heavy atom. The standard InChI is InChI=1S/C54H101NO5/c1-3-5-7-9-11-13-15-17-19-21-23-25-27-29-31-33-35-37-39-41-43-45-47-51(57)53(59)50(49-56)55-54(60)52(58)48-46-44-42-40-38-36-34-32-30-28-26-24-22-20-18-16-14-12-10-8-6-4-2/h24,26,30-33,39,41,50-53,56-59H,3-23,25,27-29,34-38,40,42-49H2,1-2H3,(H,55,60)/b26-24-,32-30-,33-31+,41-39+. The van der Waals surface area contributed by atoms with Gasteiger partial charge < -0.3 is 25.7 Å². The Morgan fingerprint density at radius 3 is 1.15 bits per heavy atom. The van der Waals surface area contributed by atoms with Gasteiger partial charge in [-0.15, -0.1) is 0 Å². The molecule has 0 aromatic rings. The second-order valence-corrected chi connectivity index (χ2v) is 17.8. The zero-order valence-corrected chi connectivity index (χ0v) is 39.7. The van der Waals surface area contributed by atoms with Gasteiger partial charge >= 0.3 is 0 Å². The van der Waals surface area contributed by atoms with Crippen LogP contribution in [0.2, 0.25) is 0 Å². The molecule has 1 amide bonds. The zero-order valence-electron chi connectivity index (χ0n) is 39.7. The minimum absolute atomic E-state index is 0.347. The van der Waals surface area contributed by atoms with Crippen LogP contribution in [0.1, 0.15) is 258 Å². The number of amides is 1. The molecular formula is C54H101NO5. The van der Waals surface area contributed by atoms with Crippen LogP contribution in [-0.2, 0) is 4.79 Å². The van der Waals surface area contributed by atoms with Crippen molar-refractivity contribution in [1.82, 2.24) is 5.32 Å². The third kappa shape index (κ3) is 41.6. The molecular weight excluding hydrogens is 743 g/mol. The summed E-state index contributed by atoms with van der Waals surface area (Å²) >= 11 is 0. The zero-order chi connectivity index (χ0) is 43.8. The van der Waals surface area contributed by atoms with Gasteiger partial charge in [-0.05, 0) is 83.5 Å². The van der Waals surface area contributed by atoms with E-state index < -0.39 is 36.9 Å². The van der Waals surface area contributed by atoms with Gasteiger partial charge in [-0.25, -0.2) is 0 Å². The van der Waals surface area contributed by atoms with Crippen LogP contribution in [0.25, 0.3) is 0 Å². The third-order valence-corrected chi connectivity index (χ3v) is 12.0. The van der Waals surface area contributed by atoms with Crippen molar-refractivity contribution in [2.75, 3.05) is 6.61 Å². The molecule has 0 heterocycles. The molecule has 6 nitrogen and oxygen atoms in total. The molecule has 0 bridgehead atoms. The summed E-state index contributed by atoms with van der Waals surface area (Å²) in [6.07, 6.45) is 60.2. The Bertz CT molecular complexity index is 993. The lowest BCUT2D eigenvalue weighted by molar-refractivity contribution is -0.132. The van der Waals surface area contributed by atoms with E-state index in [2.05, 4.69) is 67.8 Å². The fraction of sp³-hybridized carbons (Fsp3) is 0.833. The maximum Gasteiger partial charge on any atom is 0.249 e. The molecule has 0 aromatic carbocycles. The third-order valence-electron chi connectivity index (χ3n) is 12.0. The van der Waals surface area contributed by atoms with E-state index >= 15 is 0 Å². The monoisotopic (exact) mass is 844 g/mol. The summed E-state index contributed by atoms with van der Waals surface area (Å²) in [4.78, 5) is 12.6. The first-order chi connectivity index (χ1) is 29.5. The fourth-order valence-electron chi connectivity index (χ4n) is 7.86. The van der Waals surface area contributed by atoms with Crippen LogP contribution in [0, 0.1) is 0 Å². The van der Waals surface area contributed by atoms with Gasteiger partial charge in [0.1, 0.15) is 12.2 Å². The van der Waals surface area contributed by atoms with Crippen molar-refractivity contribution in [3.8, 4) is 0 Å². The summed E-state index contributed by atoms with van der Waals surface area (Å²) in [5, 5.41) is 43.8. The summed E-state index contributed by atoms with van der Waals surface area (Å²) in [7, 11) is 0. The van der Waals surface area contributed by atoms with E-state index in [4.69, 9.17) is 0 Å². The molecule has 0 aliphatic carbocycles. The van der Waals surface area contributed by atoms with Gasteiger partial charge in [0.25, 0.3) is 0 Å². The number of hydrogen-bond donors (Lipinski definition) is 5. The van der Waals surface area contributed by atoms with Gasteiger partial charge in [-0.1, -0.05) is 223 Å². The van der Waals surface area contributed by atoms with Gasteiger partial charge in [-0.2, -0.15) is 0 Å². The van der Waals surface area contributed by atoms with Gasteiger partial charge in [0.15, 0.2) is 0 Å². The fourth-order valence-corrected chi connectivity index (χ4v) is 7.86. The lowest BCUT2D eigenvalue weighted by Crippen LogP contribution is -2.53. The van der Waals surface area contributed by atoms with Gasteiger partial charge in [0, 0.05) is 0 Å². The number of aliphatic hydroxyl groups excluding tert-OH is 4. The quantitative estimate of drug-likeness (QED) is 0.0310. The molecule has 0 saturated heterocycles. The number of rotatable bonds is 47. The van der Waals surface area contributed by atoms with Gasteiger partial charge in [-0.3, -0.25) is 4.79 Å². The van der Waals surface area contributed by atoms with Crippen molar-refractivity contribution >= 4 is 5.91 Å². The molecule has 4 atom stereocenters. The summed E-state index contributed by atoms with van der Waals surface area (Å²) in [6, 6.07) is -1.01. The van der Waals surface area contributed by atoms with E-state index in [0.29, 0.717) is 19.3 Å². The topological polar surface area (TPSA) is 110 Å². The van der Waals surface area contributed by atoms with Crippen molar-refractivity contribution in [1.29, 1.82) is 0 Å². The SMILES string of the molecule is CCCCCCCCCCC/C=C\C/C=C\CCCCCCCCC(O)C(=O)NC(CO)C(O)C(O)CCC/C=C/CC/C=C/CCCCCCCCCCCCCCC. The molecule has 4 unspecified atom stereocenters. The Hall–Kier alpha value is -1.73. The summed E-state index contributed by atoms with van der Waals surface area (Å²) in [5.41, 5.74) is 0. The molecule has 0 saturated carbocycles. The molecule has 352 valence electrons. The molecule has 0 aromatic heterocycles. The predicted octanol–water partition coefficient (Wildman–Crippen LogP) is 14.6. The Labute approximate surface area is 372 Å². The summed E-state index contributed by atoms with van der Waals surface area (Å²) in [5.74, 6) is -0.605. The van der Waals surface area contributed by atoms with Crippen LogP contribution in [0.4, 0.5) is 0 Å². The minimum Gasteiger partial charge on any atom is -0.394 e. The normalized spacial score (nSPS) is 14.3. The number of allylic oxidation sites excluding steroid dienone is 8. The largest absolute Gasteiger partial charge is 0.394 e. The number of nitrogens with one attached hydrogen (secondary N) is 1. The molecule has 0 aliphatic rings. The van der Waals surface area contributed by atoms with Crippen LogP contribution in [0.3, 0.4) is 0 Å². The predicted molar refractivity (Wildman–Crippen MR) is 260 cm³/mol. The van der Waals surface area contributed by atoms with Crippen molar-refractivity contribution in [2.24, 2.45) is 0 Å². The van der Waals surface area contributed by atoms with E-state index in [1.54, 1.807) is 0 Å². The van der Waals surface area contributed by atoms with Crippen molar-refractivity contribution in [3.63, 3.8) is 0 Å². The highest BCUT2D eigenvalue weighted by Crippen LogP contribution is 2.16. The van der Waals surface area contributed by atoms with Crippen LogP contribution in [-0.4, -0.2) is 57.3 Å². The van der Waals surface area contributed by atoms with E-state index in [1.165, 1.54) is 167 Å². The Kier molecular flexibility index (Phi) is 46.9. The number of unbranched alkanes of at least 4 members (excludes halogenated alkanes) is 30. The number of carbonyl (C=O) groups is 1. The second kappa shape index (κ2) is 48.3. The maximum absolute atomic E-state index is 12.6. The highest BCUT2D eigenvalue weighted by molar-refractivity contribution is 5.80. The molecule has 60 heavy (non-hydrogen) atoms. The first kappa shape index (κ1) is 58.3. The van der Waals surface area contributed by atoms with E-state index in [9.17, 15) is 25.2 Å². The molecule has 0 fully saturated rings. The van der Waals surface area contributed by atoms with Gasteiger partial charge in [0.05, 0.1) is 18.8 Å². The highest BCUT2D eigenvalue weighted by Gasteiger charge is 2.28. The lowest BCUT2D eigenvalue weighted by atomic mass is 10.00. The van der Waals surface area contributed by atoms with Crippen LogP contribution in [0.5, 0.6) is 0 Å². The number of carbonyl (C=O) groups excluding carboxylic acids is 1. The molecule has 5 N–H and O–H groups in total. The maximum atomic E-state index is 12.6. The molecule has 0 spiro atoms. The molecule has 0 aliphatic heterocycles. The molecule has 0 radical (unpaired) electrons. The van der Waals surface area contributed by atoms with E-state index in [1.807, 2.05) is 0 Å². The van der Waals surface area contributed by atoms with Crippen molar-refractivity contribution < 1.29 is 25.2 Å².